The van der Waals surface area contributed by atoms with Crippen molar-refractivity contribution in [2.45, 2.75) is 32.2 Å². The van der Waals surface area contributed by atoms with E-state index in [2.05, 4.69) is 29.7 Å². The topological polar surface area (TPSA) is 60.4 Å². The second-order valence-corrected chi connectivity index (χ2v) is 6.65. The molecule has 2 aromatic rings. The molecule has 1 aromatic heterocycles. The standard InChI is InChI=1S/C20H28N2O2/c1-16-6-10-19(11-7-16)24-14-4-5-17-8-9-18(22(17)3)12-13-20(2,21)15-23/h4-11,23H,12-15,21H2,1-3H3/b5-4+. The number of nitrogens with zero attached hydrogens (tertiary/aromatic N) is 1. The van der Waals surface area contributed by atoms with Crippen molar-refractivity contribution < 1.29 is 9.84 Å². The number of hydrogen-bond donors (Lipinski definition) is 2. The molecule has 1 heterocycles. The van der Waals surface area contributed by atoms with Gasteiger partial charge in [-0.1, -0.05) is 17.7 Å². The number of aliphatic hydroxyl groups excluding tert-OH is 1. The van der Waals surface area contributed by atoms with Crippen molar-refractivity contribution in [2.24, 2.45) is 12.8 Å². The van der Waals surface area contributed by atoms with E-state index in [0.717, 1.165) is 24.3 Å². The monoisotopic (exact) mass is 328 g/mol. The number of hydrogen-bond acceptors (Lipinski definition) is 3. The predicted octanol–water partition coefficient (Wildman–Crippen LogP) is 3.07. The third kappa shape index (κ3) is 5.25. The molecule has 1 aromatic carbocycles. The van der Waals surface area contributed by atoms with Gasteiger partial charge in [0.2, 0.25) is 0 Å². The lowest BCUT2D eigenvalue weighted by Crippen LogP contribution is -2.40. The fraction of sp³-hybridized carbons (Fsp3) is 0.400. The third-order valence-electron chi connectivity index (χ3n) is 4.23. The second-order valence-electron chi connectivity index (χ2n) is 6.65. The first kappa shape index (κ1) is 18.3. The molecule has 1 unspecified atom stereocenters. The fourth-order valence-corrected chi connectivity index (χ4v) is 2.43. The molecule has 0 aliphatic rings. The van der Waals surface area contributed by atoms with Crippen LogP contribution in [0, 0.1) is 6.92 Å². The molecule has 2 rings (SSSR count). The van der Waals surface area contributed by atoms with Gasteiger partial charge in [0.25, 0.3) is 0 Å². The van der Waals surface area contributed by atoms with Gasteiger partial charge >= 0.3 is 0 Å². The van der Waals surface area contributed by atoms with E-state index in [0.29, 0.717) is 6.61 Å². The van der Waals surface area contributed by atoms with Gasteiger partial charge in [0.15, 0.2) is 0 Å². The first-order valence-corrected chi connectivity index (χ1v) is 8.32. The highest BCUT2D eigenvalue weighted by Gasteiger charge is 2.17. The van der Waals surface area contributed by atoms with Crippen LogP contribution in [0.2, 0.25) is 0 Å². The Kier molecular flexibility index (Phi) is 6.23. The number of benzene rings is 1. The highest BCUT2D eigenvalue weighted by Crippen LogP contribution is 2.15. The van der Waals surface area contributed by atoms with Gasteiger partial charge in [-0.25, -0.2) is 0 Å². The quantitative estimate of drug-likeness (QED) is 0.783. The Hall–Kier alpha value is -2.04. The van der Waals surface area contributed by atoms with Crippen LogP contribution in [-0.4, -0.2) is 28.4 Å². The van der Waals surface area contributed by atoms with Crippen LogP contribution in [0.1, 0.15) is 30.3 Å². The summed E-state index contributed by atoms with van der Waals surface area (Å²) in [6, 6.07) is 12.2. The molecule has 3 N–H and O–H groups in total. The van der Waals surface area contributed by atoms with E-state index in [1.807, 2.05) is 44.3 Å². The third-order valence-corrected chi connectivity index (χ3v) is 4.23. The van der Waals surface area contributed by atoms with E-state index in [9.17, 15) is 5.11 Å². The Morgan fingerprint density at radius 3 is 2.58 bits per heavy atom. The zero-order chi connectivity index (χ0) is 17.6. The number of aromatic nitrogens is 1. The Labute approximate surface area is 144 Å². The average molecular weight is 328 g/mol. The Bertz CT molecular complexity index is 669. The molecular weight excluding hydrogens is 300 g/mol. The fourth-order valence-electron chi connectivity index (χ4n) is 2.43. The molecule has 0 saturated heterocycles. The van der Waals surface area contributed by atoms with Gasteiger partial charge in [-0.2, -0.15) is 0 Å². The van der Waals surface area contributed by atoms with Crippen molar-refractivity contribution in [3.05, 3.63) is 59.4 Å². The van der Waals surface area contributed by atoms with Gasteiger partial charge < -0.3 is 20.1 Å². The summed E-state index contributed by atoms with van der Waals surface area (Å²) in [4.78, 5) is 0. The lowest BCUT2D eigenvalue weighted by atomic mass is 9.97. The van der Waals surface area contributed by atoms with Crippen molar-refractivity contribution in [1.82, 2.24) is 4.57 Å². The minimum atomic E-state index is -0.526. The molecule has 0 bridgehead atoms. The van der Waals surface area contributed by atoms with Crippen molar-refractivity contribution >= 4 is 6.08 Å². The van der Waals surface area contributed by atoms with Crippen LogP contribution in [0.25, 0.3) is 6.08 Å². The summed E-state index contributed by atoms with van der Waals surface area (Å²) < 4.78 is 7.84. The Morgan fingerprint density at radius 1 is 1.21 bits per heavy atom. The minimum Gasteiger partial charge on any atom is -0.490 e. The number of ether oxygens (including phenoxy) is 1. The first-order valence-electron chi connectivity index (χ1n) is 8.32. The first-order chi connectivity index (χ1) is 11.4. The minimum absolute atomic E-state index is 0.000528. The average Bonchev–Trinajstić information content (AvgIpc) is 2.92. The van der Waals surface area contributed by atoms with Crippen molar-refractivity contribution in [3.8, 4) is 5.75 Å². The van der Waals surface area contributed by atoms with Crippen LogP contribution in [0.3, 0.4) is 0 Å². The van der Waals surface area contributed by atoms with E-state index >= 15 is 0 Å². The van der Waals surface area contributed by atoms with Gasteiger partial charge in [0, 0.05) is 24.0 Å². The van der Waals surface area contributed by atoms with Crippen LogP contribution >= 0.6 is 0 Å². The van der Waals surface area contributed by atoms with Crippen molar-refractivity contribution in [3.63, 3.8) is 0 Å². The van der Waals surface area contributed by atoms with Gasteiger partial charge in [-0.05, 0) is 63.1 Å². The summed E-state index contributed by atoms with van der Waals surface area (Å²) in [5, 5.41) is 9.24. The molecule has 0 aliphatic carbocycles. The van der Waals surface area contributed by atoms with Crippen molar-refractivity contribution in [1.29, 1.82) is 0 Å². The summed E-state index contributed by atoms with van der Waals surface area (Å²) >= 11 is 0. The SMILES string of the molecule is Cc1ccc(OC/C=C/c2ccc(CCC(C)(N)CO)n2C)cc1. The van der Waals surface area contributed by atoms with Crippen LogP contribution in [0.15, 0.2) is 42.5 Å². The van der Waals surface area contributed by atoms with Crippen LogP contribution in [-0.2, 0) is 13.5 Å². The molecule has 0 fully saturated rings. The summed E-state index contributed by atoms with van der Waals surface area (Å²) in [7, 11) is 2.04. The molecule has 0 saturated carbocycles. The second kappa shape index (κ2) is 8.18. The van der Waals surface area contributed by atoms with Crippen LogP contribution in [0.4, 0.5) is 0 Å². The molecule has 130 valence electrons. The number of aliphatic hydroxyl groups is 1. The maximum absolute atomic E-state index is 9.24. The van der Waals surface area contributed by atoms with Gasteiger partial charge in [0.1, 0.15) is 12.4 Å². The molecule has 0 radical (unpaired) electrons. The number of aryl methyl sites for hydroxylation is 2. The number of rotatable bonds is 8. The van der Waals surface area contributed by atoms with E-state index in [4.69, 9.17) is 10.5 Å². The van der Waals surface area contributed by atoms with Gasteiger partial charge in [-0.3, -0.25) is 0 Å². The zero-order valence-electron chi connectivity index (χ0n) is 14.8. The van der Waals surface area contributed by atoms with E-state index in [1.165, 1.54) is 11.3 Å². The van der Waals surface area contributed by atoms with Gasteiger partial charge in [0.05, 0.1) is 6.61 Å². The molecule has 0 amide bonds. The molecule has 0 spiro atoms. The molecule has 24 heavy (non-hydrogen) atoms. The molecule has 0 aliphatic heterocycles. The number of nitrogens with two attached hydrogens (primary N) is 1. The lowest BCUT2D eigenvalue weighted by molar-refractivity contribution is 0.200. The van der Waals surface area contributed by atoms with E-state index < -0.39 is 5.54 Å². The highest BCUT2D eigenvalue weighted by atomic mass is 16.5. The Balaban J connectivity index is 1.87. The summed E-state index contributed by atoms with van der Waals surface area (Å²) in [6.45, 7) is 4.47. The van der Waals surface area contributed by atoms with Gasteiger partial charge in [-0.15, -0.1) is 0 Å². The van der Waals surface area contributed by atoms with E-state index in [-0.39, 0.29) is 6.61 Å². The molecule has 4 heteroatoms. The highest BCUT2D eigenvalue weighted by molar-refractivity contribution is 5.47. The maximum atomic E-state index is 9.24. The smallest absolute Gasteiger partial charge is 0.119 e. The molecule has 1 atom stereocenters. The van der Waals surface area contributed by atoms with Crippen LogP contribution < -0.4 is 10.5 Å². The largest absolute Gasteiger partial charge is 0.490 e. The summed E-state index contributed by atoms with van der Waals surface area (Å²) in [6.07, 6.45) is 5.67. The van der Waals surface area contributed by atoms with E-state index in [1.54, 1.807) is 0 Å². The predicted molar refractivity (Wildman–Crippen MR) is 99.1 cm³/mol. The zero-order valence-corrected chi connectivity index (χ0v) is 14.8. The Morgan fingerprint density at radius 2 is 1.92 bits per heavy atom. The van der Waals surface area contributed by atoms with Crippen molar-refractivity contribution in [2.75, 3.05) is 13.2 Å². The lowest BCUT2D eigenvalue weighted by Gasteiger charge is -2.21. The normalized spacial score (nSPS) is 14.0. The molecule has 4 nitrogen and oxygen atoms in total. The summed E-state index contributed by atoms with van der Waals surface area (Å²) in [5.41, 5.74) is 9.03. The maximum Gasteiger partial charge on any atom is 0.119 e. The summed E-state index contributed by atoms with van der Waals surface area (Å²) in [5.74, 6) is 0.879. The van der Waals surface area contributed by atoms with Crippen LogP contribution in [0.5, 0.6) is 5.75 Å². The molecular formula is C20H28N2O2.